The number of carbonyl (C=O) groups is 1. The lowest BCUT2D eigenvalue weighted by molar-refractivity contribution is 0.102. The van der Waals surface area contributed by atoms with E-state index >= 15 is 0 Å². The van der Waals surface area contributed by atoms with E-state index in [1.807, 2.05) is 0 Å². The number of anilines is 2. The number of rotatable bonds is 5. The smallest absolute Gasteiger partial charge is 0.274 e. The Kier molecular flexibility index (Phi) is 5.20. The number of hydrogen-bond acceptors (Lipinski definition) is 3. The van der Waals surface area contributed by atoms with Gasteiger partial charge in [-0.2, -0.15) is 0 Å². The second-order valence-corrected chi connectivity index (χ2v) is 5.02. The van der Waals surface area contributed by atoms with Crippen LogP contribution in [0.2, 0.25) is 10.0 Å². The van der Waals surface area contributed by atoms with Crippen molar-refractivity contribution in [2.45, 2.75) is 0 Å². The van der Waals surface area contributed by atoms with E-state index in [-0.39, 0.29) is 5.91 Å². The Labute approximate surface area is 132 Å². The highest BCUT2D eigenvalue weighted by Crippen LogP contribution is 2.25. The average Bonchev–Trinajstić information content (AvgIpc) is 2.48. The largest absolute Gasteiger partial charge is 0.380 e. The van der Waals surface area contributed by atoms with Gasteiger partial charge in [-0.05, 0) is 30.3 Å². The summed E-state index contributed by atoms with van der Waals surface area (Å²) >= 11 is 11.8. The Balaban J connectivity index is 2.07. The van der Waals surface area contributed by atoms with Crippen molar-refractivity contribution in [2.24, 2.45) is 0 Å². The normalized spacial score (nSPS) is 10.0. The van der Waals surface area contributed by atoms with E-state index in [9.17, 15) is 4.79 Å². The first-order valence-corrected chi connectivity index (χ1v) is 6.93. The fourth-order valence-corrected chi connectivity index (χ4v) is 2.06. The molecule has 2 rings (SSSR count). The lowest BCUT2D eigenvalue weighted by Gasteiger charge is -2.08. The number of amides is 1. The van der Waals surface area contributed by atoms with Crippen molar-refractivity contribution in [1.29, 1.82) is 0 Å². The van der Waals surface area contributed by atoms with Gasteiger partial charge in [-0.25, -0.2) is 4.98 Å². The lowest BCUT2D eigenvalue weighted by atomic mass is 10.2. The van der Waals surface area contributed by atoms with Crippen LogP contribution in [0.25, 0.3) is 0 Å². The zero-order chi connectivity index (χ0) is 15.2. The molecule has 0 unspecified atom stereocenters. The van der Waals surface area contributed by atoms with Crippen LogP contribution >= 0.6 is 23.2 Å². The molecule has 0 atom stereocenters. The molecular weight excluding hydrogens is 309 g/mol. The third-order valence-electron chi connectivity index (χ3n) is 2.63. The summed E-state index contributed by atoms with van der Waals surface area (Å²) in [6.07, 6.45) is 3.32. The molecule has 1 aromatic heterocycles. The topological polar surface area (TPSA) is 54.0 Å². The van der Waals surface area contributed by atoms with E-state index in [4.69, 9.17) is 23.2 Å². The van der Waals surface area contributed by atoms with Gasteiger partial charge in [0.25, 0.3) is 5.91 Å². The highest BCUT2D eigenvalue weighted by Gasteiger charge is 2.10. The number of benzene rings is 1. The van der Waals surface area contributed by atoms with Crippen LogP contribution in [0, 0.1) is 0 Å². The summed E-state index contributed by atoms with van der Waals surface area (Å²) in [4.78, 5) is 16.2. The van der Waals surface area contributed by atoms with E-state index in [1.165, 1.54) is 0 Å². The summed E-state index contributed by atoms with van der Waals surface area (Å²) in [7, 11) is 0. The number of halogens is 2. The molecule has 2 N–H and O–H groups in total. The minimum Gasteiger partial charge on any atom is -0.380 e. The Bertz CT molecular complexity index is 656. The SMILES string of the molecule is C=CCNc1ccc(C(=O)Nc2ccc(Cl)cc2Cl)nc1. The number of aromatic nitrogens is 1. The van der Waals surface area contributed by atoms with Gasteiger partial charge >= 0.3 is 0 Å². The van der Waals surface area contributed by atoms with Crippen LogP contribution in [0.3, 0.4) is 0 Å². The molecule has 0 fully saturated rings. The van der Waals surface area contributed by atoms with Crippen LogP contribution in [-0.2, 0) is 0 Å². The fraction of sp³-hybridized carbons (Fsp3) is 0.0667. The van der Waals surface area contributed by atoms with Crippen molar-refractivity contribution in [2.75, 3.05) is 17.2 Å². The van der Waals surface area contributed by atoms with Crippen molar-refractivity contribution in [1.82, 2.24) is 4.98 Å². The van der Waals surface area contributed by atoms with Crippen molar-refractivity contribution in [3.63, 3.8) is 0 Å². The Morgan fingerprint density at radius 2 is 2.10 bits per heavy atom. The van der Waals surface area contributed by atoms with Gasteiger partial charge in [-0.15, -0.1) is 6.58 Å². The first-order valence-electron chi connectivity index (χ1n) is 6.17. The van der Waals surface area contributed by atoms with Crippen LogP contribution in [0.5, 0.6) is 0 Å². The van der Waals surface area contributed by atoms with Gasteiger partial charge in [0, 0.05) is 11.6 Å². The van der Waals surface area contributed by atoms with Crippen molar-refractivity contribution >= 4 is 40.5 Å². The third-order valence-corrected chi connectivity index (χ3v) is 3.17. The maximum atomic E-state index is 12.1. The number of carbonyl (C=O) groups excluding carboxylic acids is 1. The molecular formula is C15H13Cl2N3O. The van der Waals surface area contributed by atoms with Gasteiger partial charge in [-0.1, -0.05) is 29.3 Å². The summed E-state index contributed by atoms with van der Waals surface area (Å²) in [5, 5.41) is 6.65. The number of pyridine rings is 1. The van der Waals surface area contributed by atoms with Gasteiger partial charge in [0.1, 0.15) is 5.69 Å². The first-order chi connectivity index (χ1) is 10.1. The summed E-state index contributed by atoms with van der Waals surface area (Å²) in [6.45, 7) is 4.25. The molecule has 6 heteroatoms. The molecule has 1 aromatic carbocycles. The van der Waals surface area contributed by atoms with Crippen LogP contribution < -0.4 is 10.6 Å². The zero-order valence-corrected chi connectivity index (χ0v) is 12.6. The van der Waals surface area contributed by atoms with Gasteiger partial charge in [0.05, 0.1) is 22.6 Å². The molecule has 0 spiro atoms. The quantitative estimate of drug-likeness (QED) is 0.810. The van der Waals surface area contributed by atoms with E-state index < -0.39 is 0 Å². The van der Waals surface area contributed by atoms with E-state index in [0.717, 1.165) is 5.69 Å². The lowest BCUT2D eigenvalue weighted by Crippen LogP contribution is -2.14. The predicted octanol–water partition coefficient (Wildman–Crippen LogP) is 4.24. The van der Waals surface area contributed by atoms with Gasteiger partial charge in [0.15, 0.2) is 0 Å². The molecule has 0 bridgehead atoms. The van der Waals surface area contributed by atoms with Crippen molar-refractivity contribution in [3.8, 4) is 0 Å². The van der Waals surface area contributed by atoms with Gasteiger partial charge < -0.3 is 10.6 Å². The molecule has 0 saturated carbocycles. The first kappa shape index (κ1) is 15.4. The highest BCUT2D eigenvalue weighted by atomic mass is 35.5. The molecule has 0 aliphatic carbocycles. The van der Waals surface area contributed by atoms with Gasteiger partial charge in [-0.3, -0.25) is 4.79 Å². The summed E-state index contributed by atoms with van der Waals surface area (Å²) in [6, 6.07) is 8.26. The minimum absolute atomic E-state index is 0.296. The third kappa shape index (κ3) is 4.21. The van der Waals surface area contributed by atoms with E-state index in [1.54, 1.807) is 42.6 Å². The summed E-state index contributed by atoms with van der Waals surface area (Å²) < 4.78 is 0. The predicted molar refractivity (Wildman–Crippen MR) is 87.3 cm³/mol. The number of nitrogens with zero attached hydrogens (tertiary/aromatic N) is 1. The molecule has 0 radical (unpaired) electrons. The minimum atomic E-state index is -0.338. The van der Waals surface area contributed by atoms with E-state index in [2.05, 4.69) is 22.2 Å². The second-order valence-electron chi connectivity index (χ2n) is 4.18. The Morgan fingerprint density at radius 3 is 2.71 bits per heavy atom. The Hall–Kier alpha value is -2.04. The molecule has 1 amide bonds. The molecule has 4 nitrogen and oxygen atoms in total. The molecule has 0 aliphatic heterocycles. The molecule has 2 aromatic rings. The van der Waals surface area contributed by atoms with Crippen LogP contribution in [0.1, 0.15) is 10.5 Å². The molecule has 0 saturated heterocycles. The molecule has 108 valence electrons. The van der Waals surface area contributed by atoms with Crippen LogP contribution in [0.15, 0.2) is 49.2 Å². The Morgan fingerprint density at radius 1 is 1.29 bits per heavy atom. The number of nitrogens with one attached hydrogen (secondary N) is 2. The zero-order valence-electron chi connectivity index (χ0n) is 11.1. The van der Waals surface area contributed by atoms with E-state index in [0.29, 0.717) is 28.0 Å². The monoisotopic (exact) mass is 321 g/mol. The molecule has 0 aliphatic rings. The standard InChI is InChI=1S/C15H13Cl2N3O/c1-2-7-18-11-4-6-14(19-9-11)15(21)20-13-5-3-10(16)8-12(13)17/h2-6,8-9,18H,1,7H2,(H,20,21). The molecule has 21 heavy (non-hydrogen) atoms. The summed E-state index contributed by atoms with van der Waals surface area (Å²) in [5.41, 5.74) is 1.60. The van der Waals surface area contributed by atoms with Crippen LogP contribution in [0.4, 0.5) is 11.4 Å². The fourth-order valence-electron chi connectivity index (χ4n) is 1.60. The number of hydrogen-bond donors (Lipinski definition) is 2. The maximum absolute atomic E-state index is 12.1. The average molecular weight is 322 g/mol. The van der Waals surface area contributed by atoms with Gasteiger partial charge in [0.2, 0.25) is 0 Å². The highest BCUT2D eigenvalue weighted by molar-refractivity contribution is 6.36. The van der Waals surface area contributed by atoms with Crippen molar-refractivity contribution in [3.05, 3.63) is 64.9 Å². The second kappa shape index (κ2) is 7.11. The maximum Gasteiger partial charge on any atom is 0.274 e. The molecule has 1 heterocycles. The summed E-state index contributed by atoms with van der Waals surface area (Å²) in [5.74, 6) is -0.338. The van der Waals surface area contributed by atoms with Crippen molar-refractivity contribution < 1.29 is 4.79 Å². The van der Waals surface area contributed by atoms with Crippen LogP contribution in [-0.4, -0.2) is 17.4 Å².